The summed E-state index contributed by atoms with van der Waals surface area (Å²) in [4.78, 5) is 60.5. The highest BCUT2D eigenvalue weighted by Gasteiger charge is 2.22. The largest absolute Gasteiger partial charge is 0.354 e. The van der Waals surface area contributed by atoms with Crippen molar-refractivity contribution in [1.82, 2.24) is 50.1 Å². The number of carbonyl (C=O) groups excluding carboxylic acids is 2. The van der Waals surface area contributed by atoms with Gasteiger partial charge in [0.05, 0.1) is 0 Å². The van der Waals surface area contributed by atoms with E-state index in [4.69, 9.17) is 15.0 Å². The van der Waals surface area contributed by atoms with E-state index < -0.39 is 0 Å². The van der Waals surface area contributed by atoms with Crippen molar-refractivity contribution in [3.05, 3.63) is 96.6 Å². The van der Waals surface area contributed by atoms with E-state index in [1.807, 2.05) is 82.3 Å². The minimum absolute atomic E-state index is 0.0881. The average molecular weight is 677 g/mol. The highest BCUT2D eigenvalue weighted by atomic mass is 16.2. The lowest BCUT2D eigenvalue weighted by Crippen LogP contribution is -2.40. The Bertz CT molecular complexity index is 2680. The van der Waals surface area contributed by atoms with Crippen LogP contribution in [0.2, 0.25) is 0 Å². The lowest BCUT2D eigenvalue weighted by atomic mass is 10.0. The Hall–Kier alpha value is -6.56. The number of nitrogens with one attached hydrogen (secondary N) is 5. The van der Waals surface area contributed by atoms with Gasteiger partial charge < -0.3 is 30.2 Å². The van der Waals surface area contributed by atoms with Gasteiger partial charge in [-0.25, -0.2) is 19.9 Å². The summed E-state index contributed by atoms with van der Waals surface area (Å²) in [6.45, 7) is 12.0. The number of amides is 2. The highest BCUT2D eigenvalue weighted by Crippen LogP contribution is 2.38. The second kappa shape index (κ2) is 11.8. The molecule has 254 valence electrons. The zero-order chi connectivity index (χ0) is 35.6. The first-order valence-corrected chi connectivity index (χ1v) is 16.6. The third-order valence-corrected chi connectivity index (χ3v) is 8.82. The van der Waals surface area contributed by atoms with Gasteiger partial charge in [-0.05, 0) is 70.2 Å². The van der Waals surface area contributed by atoms with Crippen molar-refractivity contribution < 1.29 is 9.59 Å². The van der Waals surface area contributed by atoms with E-state index in [1.165, 1.54) is 0 Å². The summed E-state index contributed by atoms with van der Waals surface area (Å²) in [5.41, 5.74) is 9.15. The third kappa shape index (κ3) is 5.70. The Morgan fingerprint density at radius 3 is 2.25 bits per heavy atom. The van der Waals surface area contributed by atoms with Crippen LogP contribution < -0.4 is 5.32 Å². The number of hydrogen-bond acceptors (Lipinski definition) is 6. The number of aromatic nitrogens is 8. The summed E-state index contributed by atoms with van der Waals surface area (Å²) in [5.74, 6) is 1.09. The van der Waals surface area contributed by atoms with Crippen molar-refractivity contribution in [1.29, 1.82) is 0 Å². The van der Waals surface area contributed by atoms with Crippen LogP contribution in [-0.4, -0.2) is 75.7 Å². The lowest BCUT2D eigenvalue weighted by molar-refractivity contribution is 0.0809. The van der Waals surface area contributed by atoms with Crippen LogP contribution >= 0.6 is 0 Å². The van der Waals surface area contributed by atoms with Gasteiger partial charge in [0.2, 0.25) is 0 Å². The van der Waals surface area contributed by atoms with Crippen molar-refractivity contribution >= 4 is 55.9 Å². The van der Waals surface area contributed by atoms with Gasteiger partial charge in [-0.2, -0.15) is 0 Å². The number of carbonyl (C=O) groups is 2. The monoisotopic (exact) mass is 676 g/mol. The van der Waals surface area contributed by atoms with Gasteiger partial charge in [-0.15, -0.1) is 6.58 Å². The normalized spacial score (nSPS) is 11.9. The molecule has 2 aromatic carbocycles. The molecule has 6 heterocycles. The Morgan fingerprint density at radius 1 is 0.824 bits per heavy atom. The number of rotatable bonds is 7. The number of imidazole rings is 2. The highest BCUT2D eigenvalue weighted by molar-refractivity contribution is 6.04. The average Bonchev–Trinajstić information content (AvgIpc) is 3.89. The first-order valence-electron chi connectivity index (χ1n) is 16.6. The van der Waals surface area contributed by atoms with E-state index in [9.17, 15) is 9.59 Å². The van der Waals surface area contributed by atoms with Crippen LogP contribution in [0.25, 0.3) is 78.0 Å². The summed E-state index contributed by atoms with van der Waals surface area (Å²) in [6.07, 6.45) is 5.23. The maximum atomic E-state index is 13.0. The molecule has 2 amide bonds. The minimum atomic E-state index is -0.343. The van der Waals surface area contributed by atoms with E-state index in [0.29, 0.717) is 45.8 Å². The first-order chi connectivity index (χ1) is 24.5. The number of aromatic amines is 4. The van der Waals surface area contributed by atoms with Gasteiger partial charge in [-0.3, -0.25) is 9.59 Å². The van der Waals surface area contributed by atoms with Crippen molar-refractivity contribution in [2.75, 3.05) is 13.6 Å². The molecule has 0 radical (unpaired) electrons. The number of hydrogen-bond donors (Lipinski definition) is 5. The molecule has 51 heavy (non-hydrogen) atoms. The fraction of sp³-hybridized carbons (Fsp3) is 0.179. The van der Waals surface area contributed by atoms with Crippen molar-refractivity contribution in [2.24, 2.45) is 0 Å². The molecule has 5 N–H and O–H groups in total. The number of pyridine rings is 2. The first kappa shape index (κ1) is 31.7. The lowest BCUT2D eigenvalue weighted by Gasteiger charge is -2.20. The van der Waals surface area contributed by atoms with Crippen LogP contribution in [0.4, 0.5) is 0 Å². The summed E-state index contributed by atoms with van der Waals surface area (Å²) < 4.78 is 0. The quantitative estimate of drug-likeness (QED) is 0.111. The number of nitrogens with zero attached hydrogens (tertiary/aromatic N) is 5. The zero-order valence-electron chi connectivity index (χ0n) is 28.9. The summed E-state index contributed by atoms with van der Waals surface area (Å²) in [6, 6.07) is 17.3. The SMILES string of the molecule is C=CCN(C)C(=O)c1ccc2cc(-c3c(-c4nc5c(-c6cc7ccc(C(=O)NC(C)(C)C)cc7[nH]6)ccnc5[nH]4)cnc4[nH]c(C)nc34)[nH]c2c1. The molecule has 0 bridgehead atoms. The molecular weight excluding hydrogens is 640 g/mol. The molecule has 0 unspecified atom stereocenters. The fourth-order valence-electron chi connectivity index (χ4n) is 6.49. The molecule has 0 aliphatic heterocycles. The van der Waals surface area contributed by atoms with Crippen molar-refractivity contribution in [3.63, 3.8) is 0 Å². The van der Waals surface area contributed by atoms with Gasteiger partial charge in [0.25, 0.3) is 11.8 Å². The van der Waals surface area contributed by atoms with E-state index >= 15 is 0 Å². The fourth-order valence-corrected chi connectivity index (χ4v) is 6.49. The van der Waals surface area contributed by atoms with E-state index in [2.05, 4.69) is 36.8 Å². The Morgan fingerprint density at radius 2 is 1.51 bits per heavy atom. The van der Waals surface area contributed by atoms with Gasteiger partial charge in [0, 0.05) is 92.5 Å². The Labute approximate surface area is 292 Å². The standard InChI is InChI=1S/C39H36N10O2/c1-7-14-49(6)38(51)24-11-9-22-16-30(45-28(22)18-24)31-26(19-41-36-33(31)42-20(2)43-36)34-46-32-25(12-13-40-35(32)47-34)29-15-21-8-10-23(17-27(21)44-29)37(50)48-39(3,4)5/h7-13,15-19,44-45H,1,14H2,2-6H3,(H,48,50)(H,40,46,47)(H,41,42,43). The Kier molecular flexibility index (Phi) is 7.33. The third-order valence-electron chi connectivity index (χ3n) is 8.82. The molecule has 6 aromatic heterocycles. The van der Waals surface area contributed by atoms with E-state index in [1.54, 1.807) is 30.4 Å². The molecule has 0 spiro atoms. The molecule has 12 nitrogen and oxygen atoms in total. The maximum absolute atomic E-state index is 13.0. The number of fused-ring (bicyclic) bond motifs is 4. The van der Waals surface area contributed by atoms with Gasteiger partial charge in [0.15, 0.2) is 11.3 Å². The van der Waals surface area contributed by atoms with Crippen molar-refractivity contribution in [2.45, 2.75) is 33.2 Å². The molecule has 0 saturated heterocycles. The molecule has 8 rings (SSSR count). The molecular formula is C39H36N10O2. The van der Waals surface area contributed by atoms with Crippen LogP contribution in [0.5, 0.6) is 0 Å². The molecule has 0 atom stereocenters. The molecule has 0 fully saturated rings. The smallest absolute Gasteiger partial charge is 0.253 e. The summed E-state index contributed by atoms with van der Waals surface area (Å²) in [7, 11) is 1.75. The second-order valence-electron chi connectivity index (χ2n) is 13.9. The zero-order valence-corrected chi connectivity index (χ0v) is 28.9. The van der Waals surface area contributed by atoms with Crippen molar-refractivity contribution in [3.8, 4) is 33.9 Å². The van der Waals surface area contributed by atoms with E-state index in [0.717, 1.165) is 55.7 Å². The molecule has 12 heteroatoms. The number of likely N-dealkylation sites (N-methyl/N-ethyl adjacent to an activating group) is 1. The van der Waals surface area contributed by atoms with Crippen LogP contribution in [0, 0.1) is 6.92 Å². The Balaban J connectivity index is 1.22. The summed E-state index contributed by atoms with van der Waals surface area (Å²) in [5, 5.41) is 4.94. The predicted octanol–water partition coefficient (Wildman–Crippen LogP) is 7.29. The van der Waals surface area contributed by atoms with Gasteiger partial charge >= 0.3 is 0 Å². The minimum Gasteiger partial charge on any atom is -0.354 e. The molecule has 0 aliphatic carbocycles. The molecule has 0 saturated carbocycles. The maximum Gasteiger partial charge on any atom is 0.253 e. The molecule has 8 aromatic rings. The predicted molar refractivity (Wildman–Crippen MR) is 200 cm³/mol. The summed E-state index contributed by atoms with van der Waals surface area (Å²) >= 11 is 0. The molecule has 0 aliphatic rings. The number of aryl methyl sites for hydroxylation is 1. The number of H-pyrrole nitrogens is 4. The van der Waals surface area contributed by atoms with Gasteiger partial charge in [0.1, 0.15) is 22.7 Å². The van der Waals surface area contributed by atoms with Crippen LogP contribution in [0.1, 0.15) is 47.3 Å². The van der Waals surface area contributed by atoms with Crippen LogP contribution in [-0.2, 0) is 0 Å². The van der Waals surface area contributed by atoms with E-state index in [-0.39, 0.29) is 17.4 Å². The van der Waals surface area contributed by atoms with Crippen LogP contribution in [0.15, 0.2) is 79.6 Å². The van der Waals surface area contributed by atoms with Gasteiger partial charge in [-0.1, -0.05) is 18.2 Å². The van der Waals surface area contributed by atoms with Crippen LogP contribution in [0.3, 0.4) is 0 Å². The topological polar surface area (TPSA) is 164 Å². The number of benzene rings is 2. The second-order valence-corrected chi connectivity index (χ2v) is 13.9.